The Bertz CT molecular complexity index is 967. The quantitative estimate of drug-likeness (QED) is 0.487. The average Bonchev–Trinajstić information content (AvgIpc) is 2.70. The topological polar surface area (TPSA) is 71.4 Å². The maximum Gasteiger partial charge on any atom is 0.140 e. The first-order chi connectivity index (χ1) is 15.5. The van der Waals surface area contributed by atoms with Crippen LogP contribution in [0.4, 0.5) is 0 Å². The summed E-state index contributed by atoms with van der Waals surface area (Å²) in [5.74, 6) is 1.03. The number of ketones is 3. The minimum atomic E-state index is -0.666. The Morgan fingerprint density at radius 3 is 2.06 bits per heavy atom. The summed E-state index contributed by atoms with van der Waals surface area (Å²) < 4.78 is 0. The summed E-state index contributed by atoms with van der Waals surface area (Å²) in [6.45, 7) is 17.4. The average molecular weight is 471 g/mol. The molecule has 4 nitrogen and oxygen atoms in total. The van der Waals surface area contributed by atoms with E-state index in [1.165, 1.54) is 0 Å². The van der Waals surface area contributed by atoms with Crippen LogP contribution in [-0.4, -0.2) is 28.6 Å². The highest BCUT2D eigenvalue weighted by Gasteiger charge is 2.76. The van der Waals surface area contributed by atoms with Gasteiger partial charge in [-0.05, 0) is 71.5 Å². The molecule has 0 radical (unpaired) electrons. The highest BCUT2D eigenvalue weighted by Crippen LogP contribution is 2.76. The molecule has 10 unspecified atom stereocenters. The zero-order chi connectivity index (χ0) is 25.3. The standard InChI is InChI=1S/C30H46O4/c1-17-18(31)9-10-20-27(17,5)13-19(32)24-28(20,6)16-23(34)30(8)21-14-25(2,3)15-22(33)26(21,4)11-12-29(24,30)7/h17-18,20-21,24,31H,9-16H2,1-8H3. The molecule has 0 spiro atoms. The van der Waals surface area contributed by atoms with Gasteiger partial charge >= 0.3 is 0 Å². The van der Waals surface area contributed by atoms with Crippen LogP contribution in [0, 0.1) is 56.2 Å². The van der Waals surface area contributed by atoms with Crippen molar-refractivity contribution in [1.82, 2.24) is 0 Å². The summed E-state index contributed by atoms with van der Waals surface area (Å²) in [6.07, 6.45) is 5.20. The van der Waals surface area contributed by atoms with Gasteiger partial charge in [-0.15, -0.1) is 0 Å². The maximum absolute atomic E-state index is 14.5. The van der Waals surface area contributed by atoms with Gasteiger partial charge in [-0.3, -0.25) is 14.4 Å². The molecule has 0 aromatic heterocycles. The van der Waals surface area contributed by atoms with Crippen LogP contribution in [-0.2, 0) is 14.4 Å². The molecule has 0 aromatic carbocycles. The van der Waals surface area contributed by atoms with Gasteiger partial charge in [0.2, 0.25) is 0 Å². The fourth-order valence-corrected chi connectivity index (χ4v) is 10.9. The van der Waals surface area contributed by atoms with E-state index in [0.717, 1.165) is 32.1 Å². The van der Waals surface area contributed by atoms with Crippen molar-refractivity contribution < 1.29 is 19.5 Å². The lowest BCUT2D eigenvalue weighted by Gasteiger charge is -2.72. The number of Topliss-reactive ketones (excluding diaryl/α,β-unsaturated/α-hetero) is 3. The van der Waals surface area contributed by atoms with Crippen molar-refractivity contribution in [3.05, 3.63) is 0 Å². The number of hydrogen-bond donors (Lipinski definition) is 1. The van der Waals surface area contributed by atoms with Crippen molar-refractivity contribution in [2.24, 2.45) is 56.2 Å². The molecule has 34 heavy (non-hydrogen) atoms. The van der Waals surface area contributed by atoms with E-state index >= 15 is 0 Å². The van der Waals surface area contributed by atoms with Gasteiger partial charge in [0.1, 0.15) is 17.3 Å². The molecule has 4 heteroatoms. The van der Waals surface area contributed by atoms with Crippen LogP contribution < -0.4 is 0 Å². The fraction of sp³-hybridized carbons (Fsp3) is 0.900. The van der Waals surface area contributed by atoms with E-state index in [2.05, 4.69) is 55.4 Å². The Morgan fingerprint density at radius 2 is 1.41 bits per heavy atom. The molecular weight excluding hydrogens is 424 g/mol. The lowest BCUT2D eigenvalue weighted by Crippen LogP contribution is -2.73. The van der Waals surface area contributed by atoms with E-state index < -0.39 is 16.2 Å². The molecule has 5 rings (SSSR count). The first-order valence-corrected chi connectivity index (χ1v) is 13.7. The zero-order valence-electron chi connectivity index (χ0n) is 22.7. The lowest BCUT2D eigenvalue weighted by molar-refractivity contribution is -0.236. The highest BCUT2D eigenvalue weighted by molar-refractivity contribution is 5.96. The van der Waals surface area contributed by atoms with Crippen molar-refractivity contribution >= 4 is 17.3 Å². The third kappa shape index (κ3) is 2.68. The fourth-order valence-electron chi connectivity index (χ4n) is 10.9. The predicted octanol–water partition coefficient (Wildman–Crippen LogP) is 5.79. The molecule has 5 aliphatic rings. The van der Waals surface area contributed by atoms with Gasteiger partial charge in [0, 0.05) is 36.0 Å². The van der Waals surface area contributed by atoms with Crippen LogP contribution in [0.15, 0.2) is 0 Å². The molecule has 0 aliphatic heterocycles. The molecule has 5 saturated carbocycles. The minimum Gasteiger partial charge on any atom is -0.393 e. The van der Waals surface area contributed by atoms with Crippen LogP contribution in [0.1, 0.15) is 107 Å². The van der Waals surface area contributed by atoms with Crippen molar-refractivity contribution in [3.8, 4) is 0 Å². The second-order valence-electron chi connectivity index (χ2n) is 15.2. The van der Waals surface area contributed by atoms with Crippen molar-refractivity contribution in [3.63, 3.8) is 0 Å². The number of fused-ring (bicyclic) bond motifs is 7. The number of carbonyl (C=O) groups excluding carboxylic acids is 3. The van der Waals surface area contributed by atoms with Gasteiger partial charge in [0.05, 0.1) is 6.10 Å². The second-order valence-corrected chi connectivity index (χ2v) is 15.2. The molecule has 5 fully saturated rings. The van der Waals surface area contributed by atoms with Gasteiger partial charge in [-0.25, -0.2) is 0 Å². The molecule has 0 saturated heterocycles. The van der Waals surface area contributed by atoms with Gasteiger partial charge in [0.15, 0.2) is 0 Å². The van der Waals surface area contributed by atoms with Crippen LogP contribution in [0.3, 0.4) is 0 Å². The minimum absolute atomic E-state index is 0.0136. The summed E-state index contributed by atoms with van der Waals surface area (Å²) in [4.78, 5) is 42.2. The summed E-state index contributed by atoms with van der Waals surface area (Å²) in [5.41, 5.74) is -2.34. The first-order valence-electron chi connectivity index (χ1n) is 13.7. The van der Waals surface area contributed by atoms with E-state index in [9.17, 15) is 19.5 Å². The van der Waals surface area contributed by atoms with Crippen molar-refractivity contribution in [2.45, 2.75) is 113 Å². The largest absolute Gasteiger partial charge is 0.393 e. The monoisotopic (exact) mass is 470 g/mol. The van der Waals surface area contributed by atoms with E-state index in [1.807, 2.05) is 0 Å². The molecule has 1 N–H and O–H groups in total. The number of aliphatic hydroxyl groups excluding tert-OH is 1. The maximum atomic E-state index is 14.5. The lowest BCUT2D eigenvalue weighted by atomic mass is 9.29. The third-order valence-corrected chi connectivity index (χ3v) is 13.1. The normalized spacial score (nSPS) is 56.7. The molecule has 0 bridgehead atoms. The molecule has 190 valence electrons. The highest BCUT2D eigenvalue weighted by atomic mass is 16.3. The number of hydrogen-bond acceptors (Lipinski definition) is 4. The van der Waals surface area contributed by atoms with Crippen LogP contribution in [0.5, 0.6) is 0 Å². The Labute approximate surface area is 206 Å². The van der Waals surface area contributed by atoms with Gasteiger partial charge in [0.25, 0.3) is 0 Å². The summed E-state index contributed by atoms with van der Waals surface area (Å²) in [6, 6.07) is 0. The van der Waals surface area contributed by atoms with Crippen LogP contribution in [0.2, 0.25) is 0 Å². The molecular formula is C30H46O4. The van der Waals surface area contributed by atoms with E-state index in [4.69, 9.17) is 0 Å². The van der Waals surface area contributed by atoms with Crippen molar-refractivity contribution in [1.29, 1.82) is 0 Å². The Morgan fingerprint density at radius 1 is 0.765 bits per heavy atom. The third-order valence-electron chi connectivity index (χ3n) is 13.1. The first kappa shape index (κ1) is 24.7. The Kier molecular flexibility index (Phi) is 4.96. The molecule has 10 atom stereocenters. The number of carbonyl (C=O) groups is 3. The molecule has 0 amide bonds. The van der Waals surface area contributed by atoms with E-state index in [0.29, 0.717) is 30.8 Å². The number of aliphatic hydroxyl groups is 1. The van der Waals surface area contributed by atoms with Crippen molar-refractivity contribution in [2.75, 3.05) is 0 Å². The predicted molar refractivity (Wildman–Crippen MR) is 132 cm³/mol. The Hall–Kier alpha value is -1.03. The second kappa shape index (κ2) is 6.84. The summed E-state index contributed by atoms with van der Waals surface area (Å²) >= 11 is 0. The smallest absolute Gasteiger partial charge is 0.140 e. The number of rotatable bonds is 0. The van der Waals surface area contributed by atoms with E-state index in [-0.39, 0.29) is 51.8 Å². The van der Waals surface area contributed by atoms with E-state index in [1.54, 1.807) is 0 Å². The molecule has 0 heterocycles. The van der Waals surface area contributed by atoms with Gasteiger partial charge in [-0.1, -0.05) is 55.4 Å². The molecule has 5 aliphatic carbocycles. The van der Waals surface area contributed by atoms with Gasteiger partial charge in [-0.2, -0.15) is 0 Å². The summed E-state index contributed by atoms with van der Waals surface area (Å²) in [7, 11) is 0. The van der Waals surface area contributed by atoms with Crippen LogP contribution in [0.25, 0.3) is 0 Å². The van der Waals surface area contributed by atoms with Gasteiger partial charge < -0.3 is 5.11 Å². The SMILES string of the molecule is CC1C(O)CCC2C1(C)CC(=O)C1C2(C)CC(=O)C2(C)C3CC(C)(C)CC(=O)C3(C)CCC12C. The molecule has 0 aromatic rings. The zero-order valence-corrected chi connectivity index (χ0v) is 22.7. The summed E-state index contributed by atoms with van der Waals surface area (Å²) in [5, 5.41) is 10.7. The van der Waals surface area contributed by atoms with Crippen LogP contribution >= 0.6 is 0 Å². The Balaban J connectivity index is 1.65.